The van der Waals surface area contributed by atoms with Crippen LogP contribution in [-0.4, -0.2) is 70.1 Å². The summed E-state index contributed by atoms with van der Waals surface area (Å²) >= 11 is 0. The van der Waals surface area contributed by atoms with E-state index in [2.05, 4.69) is 29.7 Å². The van der Waals surface area contributed by atoms with Crippen LogP contribution in [0, 0.1) is 0 Å². The Morgan fingerprint density at radius 1 is 1.27 bits per heavy atom. The SMILES string of the molecule is CC1C(CNS(C)(=O)=O)OCC(C)(C)N1c1cc(-c2cnc3ccc(C(F)F)nn23)ncn1. The fourth-order valence-corrected chi connectivity index (χ4v) is 4.48. The van der Waals surface area contributed by atoms with E-state index in [-0.39, 0.29) is 18.3 Å². The number of fused-ring (bicyclic) bond motifs is 1. The summed E-state index contributed by atoms with van der Waals surface area (Å²) in [6, 6.07) is 4.24. The van der Waals surface area contributed by atoms with Crippen molar-refractivity contribution in [3.05, 3.63) is 36.4 Å². The van der Waals surface area contributed by atoms with E-state index in [4.69, 9.17) is 4.74 Å². The molecular weight excluding hydrogens is 456 g/mol. The van der Waals surface area contributed by atoms with Gasteiger partial charge >= 0.3 is 0 Å². The van der Waals surface area contributed by atoms with Gasteiger partial charge in [-0.1, -0.05) is 0 Å². The van der Waals surface area contributed by atoms with E-state index in [0.29, 0.717) is 29.5 Å². The van der Waals surface area contributed by atoms with Gasteiger partial charge in [0, 0.05) is 12.6 Å². The van der Waals surface area contributed by atoms with Crippen LogP contribution >= 0.6 is 0 Å². The highest BCUT2D eigenvalue weighted by atomic mass is 32.2. The minimum absolute atomic E-state index is 0.123. The molecule has 0 spiro atoms. The molecule has 1 fully saturated rings. The van der Waals surface area contributed by atoms with Crippen LogP contribution in [0.4, 0.5) is 14.6 Å². The van der Waals surface area contributed by atoms with E-state index in [1.54, 1.807) is 6.07 Å². The number of halogens is 2. The number of hydrogen-bond donors (Lipinski definition) is 1. The molecule has 4 rings (SSSR count). The molecule has 1 N–H and O–H groups in total. The van der Waals surface area contributed by atoms with Gasteiger partial charge in [-0.05, 0) is 32.9 Å². The summed E-state index contributed by atoms with van der Waals surface area (Å²) in [4.78, 5) is 15.0. The molecule has 3 aromatic heterocycles. The summed E-state index contributed by atoms with van der Waals surface area (Å²) in [5.74, 6) is 0.588. The lowest BCUT2D eigenvalue weighted by Gasteiger charge is -2.50. The average Bonchev–Trinajstić information content (AvgIpc) is 3.15. The zero-order valence-electron chi connectivity index (χ0n) is 18.6. The van der Waals surface area contributed by atoms with Gasteiger partial charge in [-0.25, -0.2) is 41.4 Å². The molecule has 0 radical (unpaired) electrons. The van der Waals surface area contributed by atoms with Crippen molar-refractivity contribution in [2.75, 3.05) is 24.3 Å². The van der Waals surface area contributed by atoms with Gasteiger partial charge in [0.05, 0.1) is 42.4 Å². The van der Waals surface area contributed by atoms with Crippen LogP contribution in [0.5, 0.6) is 0 Å². The van der Waals surface area contributed by atoms with Gasteiger partial charge in [0.15, 0.2) is 5.65 Å². The van der Waals surface area contributed by atoms with Gasteiger partial charge < -0.3 is 9.64 Å². The largest absolute Gasteiger partial charge is 0.372 e. The van der Waals surface area contributed by atoms with Gasteiger partial charge in [-0.15, -0.1) is 0 Å². The third-order valence-corrected chi connectivity index (χ3v) is 6.25. The molecule has 2 unspecified atom stereocenters. The summed E-state index contributed by atoms with van der Waals surface area (Å²) in [5.41, 5.74) is 0.520. The number of rotatable bonds is 6. The van der Waals surface area contributed by atoms with Gasteiger partial charge in [-0.2, -0.15) is 5.10 Å². The topological polar surface area (TPSA) is 115 Å². The number of hydrogen-bond acceptors (Lipinski definition) is 8. The minimum Gasteiger partial charge on any atom is -0.372 e. The lowest BCUT2D eigenvalue weighted by atomic mass is 9.95. The molecule has 0 saturated carbocycles. The molecule has 178 valence electrons. The van der Waals surface area contributed by atoms with Gasteiger partial charge in [0.25, 0.3) is 6.43 Å². The summed E-state index contributed by atoms with van der Waals surface area (Å²) in [6.45, 7) is 6.40. The first-order valence-corrected chi connectivity index (χ1v) is 12.2. The molecule has 33 heavy (non-hydrogen) atoms. The summed E-state index contributed by atoms with van der Waals surface area (Å²) in [7, 11) is -3.37. The molecule has 0 bridgehead atoms. The summed E-state index contributed by atoms with van der Waals surface area (Å²) < 4.78 is 59.2. The summed E-state index contributed by atoms with van der Waals surface area (Å²) in [5, 5.41) is 4.00. The number of aromatic nitrogens is 5. The number of ether oxygens (including phenoxy) is 1. The number of imidazole rings is 1. The van der Waals surface area contributed by atoms with Gasteiger partial charge in [0.2, 0.25) is 10.0 Å². The molecule has 1 aliphatic heterocycles. The third-order valence-electron chi connectivity index (χ3n) is 5.56. The van der Waals surface area contributed by atoms with Gasteiger partial charge in [-0.3, -0.25) is 0 Å². The predicted molar refractivity (Wildman–Crippen MR) is 118 cm³/mol. The molecule has 1 aliphatic rings. The van der Waals surface area contributed by atoms with Crippen molar-refractivity contribution >= 4 is 21.5 Å². The molecule has 0 aromatic carbocycles. The maximum absolute atomic E-state index is 13.2. The van der Waals surface area contributed by atoms with Crippen LogP contribution in [0.15, 0.2) is 30.7 Å². The molecule has 3 aromatic rings. The second kappa shape index (κ2) is 8.54. The van der Waals surface area contributed by atoms with Crippen molar-refractivity contribution in [1.29, 1.82) is 0 Å². The quantitative estimate of drug-likeness (QED) is 0.569. The number of nitrogens with one attached hydrogen (secondary N) is 1. The molecular formula is C20H25F2N7O3S. The van der Waals surface area contributed by atoms with E-state index in [1.807, 2.05) is 20.8 Å². The third kappa shape index (κ3) is 4.80. The van der Waals surface area contributed by atoms with Crippen molar-refractivity contribution in [1.82, 2.24) is 29.3 Å². The highest BCUT2D eigenvalue weighted by Crippen LogP contribution is 2.33. The Morgan fingerprint density at radius 3 is 2.73 bits per heavy atom. The lowest BCUT2D eigenvalue weighted by Crippen LogP contribution is -2.63. The zero-order chi connectivity index (χ0) is 24.0. The first-order valence-electron chi connectivity index (χ1n) is 10.3. The Labute approximate surface area is 190 Å². The molecule has 2 atom stereocenters. The number of anilines is 1. The van der Waals surface area contributed by atoms with Crippen molar-refractivity contribution < 1.29 is 21.9 Å². The first kappa shape index (κ1) is 23.4. The van der Waals surface area contributed by atoms with Crippen LogP contribution in [-0.2, 0) is 14.8 Å². The monoisotopic (exact) mass is 481 g/mol. The highest BCUT2D eigenvalue weighted by molar-refractivity contribution is 7.88. The Kier molecular flexibility index (Phi) is 6.05. The zero-order valence-corrected chi connectivity index (χ0v) is 19.4. The molecule has 13 heteroatoms. The second-order valence-electron chi connectivity index (χ2n) is 8.63. The summed E-state index contributed by atoms with van der Waals surface area (Å²) in [6.07, 6.45) is 0.900. The fourth-order valence-electron chi connectivity index (χ4n) is 4.02. The van der Waals surface area contributed by atoms with E-state index in [9.17, 15) is 17.2 Å². The van der Waals surface area contributed by atoms with E-state index in [0.717, 1.165) is 6.26 Å². The normalized spacial score (nSPS) is 21.1. The predicted octanol–water partition coefficient (Wildman–Crippen LogP) is 2.05. The van der Waals surface area contributed by atoms with Crippen molar-refractivity contribution in [3.8, 4) is 11.4 Å². The fraction of sp³-hybridized carbons (Fsp3) is 0.500. The van der Waals surface area contributed by atoms with Crippen molar-refractivity contribution in [2.45, 2.75) is 44.9 Å². The lowest BCUT2D eigenvalue weighted by molar-refractivity contribution is -0.0239. The van der Waals surface area contributed by atoms with Crippen LogP contribution in [0.1, 0.15) is 32.9 Å². The van der Waals surface area contributed by atoms with Crippen LogP contribution in [0.2, 0.25) is 0 Å². The molecule has 4 heterocycles. The van der Waals surface area contributed by atoms with E-state index >= 15 is 0 Å². The molecule has 0 aliphatic carbocycles. The molecule has 1 saturated heterocycles. The number of morpholine rings is 1. The average molecular weight is 482 g/mol. The number of alkyl halides is 2. The van der Waals surface area contributed by atoms with Crippen LogP contribution in [0.25, 0.3) is 17.0 Å². The highest BCUT2D eigenvalue weighted by Gasteiger charge is 2.41. The Hall–Kier alpha value is -2.77. The molecule has 0 amide bonds. The van der Waals surface area contributed by atoms with E-state index < -0.39 is 28.1 Å². The second-order valence-corrected chi connectivity index (χ2v) is 10.5. The Morgan fingerprint density at radius 2 is 2.03 bits per heavy atom. The van der Waals surface area contributed by atoms with Crippen LogP contribution in [0.3, 0.4) is 0 Å². The first-order chi connectivity index (χ1) is 15.5. The van der Waals surface area contributed by atoms with Crippen molar-refractivity contribution in [3.63, 3.8) is 0 Å². The minimum atomic E-state index is -3.37. The number of sulfonamides is 1. The van der Waals surface area contributed by atoms with Crippen molar-refractivity contribution in [2.24, 2.45) is 0 Å². The van der Waals surface area contributed by atoms with Gasteiger partial charge in [0.1, 0.15) is 23.5 Å². The Balaban J connectivity index is 1.70. The smallest absolute Gasteiger partial charge is 0.282 e. The van der Waals surface area contributed by atoms with E-state index in [1.165, 1.54) is 29.2 Å². The standard InChI is InChI=1S/C20H25F2N7O3S/c1-12-16(9-26-33(4,30)31)32-10-20(2,3)28(12)18-7-14(24-11-25-18)15-8-23-17-6-5-13(19(21)22)27-29(15)17/h5-8,11-12,16,19,26H,9-10H2,1-4H3. The van der Waals surface area contributed by atoms with Crippen LogP contribution < -0.4 is 9.62 Å². The maximum Gasteiger partial charge on any atom is 0.282 e. The number of nitrogens with zero attached hydrogens (tertiary/aromatic N) is 6. The molecule has 10 nitrogen and oxygen atoms in total. The maximum atomic E-state index is 13.2. The Bertz CT molecular complexity index is 1270.